The number of nitrogens with zero attached hydrogens (tertiary/aromatic N) is 2. The number of allylic oxidation sites excluding steroid dienone is 1. The van der Waals surface area contributed by atoms with Gasteiger partial charge in [0.1, 0.15) is 16.5 Å². The summed E-state index contributed by atoms with van der Waals surface area (Å²) in [6.45, 7) is 2.99. The number of anilines is 1. The van der Waals surface area contributed by atoms with Crippen molar-refractivity contribution in [1.29, 1.82) is 0 Å². The van der Waals surface area contributed by atoms with Crippen molar-refractivity contribution in [1.82, 2.24) is 9.97 Å². The van der Waals surface area contributed by atoms with Crippen molar-refractivity contribution in [2.24, 2.45) is 0 Å². The molecule has 0 atom stereocenters. The third-order valence-corrected chi connectivity index (χ3v) is 5.99. The molecule has 116 valence electrons. The van der Waals surface area contributed by atoms with Crippen LogP contribution in [-0.4, -0.2) is 16.5 Å². The second-order valence-corrected chi connectivity index (χ2v) is 7.53. The molecule has 0 fully saturated rings. The molecule has 3 nitrogen and oxygen atoms in total. The lowest BCUT2D eigenvalue weighted by Crippen LogP contribution is -2.07. The molecule has 1 N–H and O–H groups in total. The molecule has 4 rings (SSSR count). The topological polar surface area (TPSA) is 37.8 Å². The van der Waals surface area contributed by atoms with Crippen LogP contribution in [0.15, 0.2) is 11.6 Å². The Morgan fingerprint density at radius 1 is 1.14 bits per heavy atom. The first-order valence-corrected chi connectivity index (χ1v) is 9.33. The van der Waals surface area contributed by atoms with Crippen LogP contribution in [0.5, 0.6) is 0 Å². The van der Waals surface area contributed by atoms with Gasteiger partial charge in [0.15, 0.2) is 0 Å². The number of fused-ring (bicyclic) bond motifs is 3. The summed E-state index contributed by atoms with van der Waals surface area (Å²) in [5.41, 5.74) is 3.13. The van der Waals surface area contributed by atoms with E-state index in [-0.39, 0.29) is 0 Å². The maximum absolute atomic E-state index is 4.70. The SMILES string of the molecule is Cc1nc(NCCC2=CCCCC2)c2c3c(sc2n1)CCC3. The number of thiophene rings is 1. The highest BCUT2D eigenvalue weighted by Gasteiger charge is 2.21. The first-order chi connectivity index (χ1) is 10.8. The lowest BCUT2D eigenvalue weighted by Gasteiger charge is -2.14. The van der Waals surface area contributed by atoms with E-state index < -0.39 is 0 Å². The molecule has 0 bridgehead atoms. The summed E-state index contributed by atoms with van der Waals surface area (Å²) in [6.07, 6.45) is 12.6. The molecule has 0 spiro atoms. The lowest BCUT2D eigenvalue weighted by molar-refractivity contribution is 0.679. The molecule has 0 amide bonds. The van der Waals surface area contributed by atoms with Gasteiger partial charge in [0.25, 0.3) is 0 Å². The highest BCUT2D eigenvalue weighted by atomic mass is 32.1. The van der Waals surface area contributed by atoms with Crippen molar-refractivity contribution < 1.29 is 0 Å². The van der Waals surface area contributed by atoms with Crippen molar-refractivity contribution in [2.45, 2.75) is 58.3 Å². The zero-order valence-electron chi connectivity index (χ0n) is 13.2. The Morgan fingerprint density at radius 3 is 2.95 bits per heavy atom. The molecule has 2 aliphatic rings. The number of hydrogen-bond donors (Lipinski definition) is 1. The highest BCUT2D eigenvalue weighted by molar-refractivity contribution is 7.19. The van der Waals surface area contributed by atoms with Crippen LogP contribution in [0.3, 0.4) is 0 Å². The van der Waals surface area contributed by atoms with Gasteiger partial charge in [-0.2, -0.15) is 0 Å². The minimum absolute atomic E-state index is 0.881. The average Bonchev–Trinajstić information content (AvgIpc) is 3.08. The lowest BCUT2D eigenvalue weighted by atomic mass is 9.97. The largest absolute Gasteiger partial charge is 0.369 e. The molecule has 4 heteroatoms. The summed E-state index contributed by atoms with van der Waals surface area (Å²) < 4.78 is 0. The summed E-state index contributed by atoms with van der Waals surface area (Å²) >= 11 is 1.87. The summed E-state index contributed by atoms with van der Waals surface area (Å²) in [6, 6.07) is 0. The van der Waals surface area contributed by atoms with Crippen LogP contribution in [-0.2, 0) is 12.8 Å². The third-order valence-electron chi connectivity index (χ3n) is 4.80. The van der Waals surface area contributed by atoms with Crippen molar-refractivity contribution in [3.05, 3.63) is 27.9 Å². The van der Waals surface area contributed by atoms with Gasteiger partial charge in [0.05, 0.1) is 5.39 Å². The van der Waals surface area contributed by atoms with Gasteiger partial charge < -0.3 is 5.32 Å². The van der Waals surface area contributed by atoms with Crippen LogP contribution in [0.25, 0.3) is 10.2 Å². The van der Waals surface area contributed by atoms with Crippen LogP contribution in [0.1, 0.15) is 54.8 Å². The Kier molecular flexibility index (Phi) is 3.87. The standard InChI is InChI=1S/C18H23N3S/c1-12-20-17(19-11-10-13-6-3-2-4-7-13)16-14-8-5-9-15(14)22-18(16)21-12/h6H,2-5,7-11H2,1H3,(H,19,20,21). The monoisotopic (exact) mass is 313 g/mol. The molecular formula is C18H23N3S. The molecule has 0 unspecified atom stereocenters. The van der Waals surface area contributed by atoms with E-state index in [4.69, 9.17) is 4.98 Å². The number of rotatable bonds is 4. The number of nitrogens with one attached hydrogen (secondary N) is 1. The molecular weight excluding hydrogens is 290 g/mol. The Morgan fingerprint density at radius 2 is 2.09 bits per heavy atom. The van der Waals surface area contributed by atoms with E-state index >= 15 is 0 Å². The maximum Gasteiger partial charge on any atom is 0.138 e. The normalized spacial score (nSPS) is 17.6. The Bertz CT molecular complexity index is 729. The van der Waals surface area contributed by atoms with E-state index in [2.05, 4.69) is 16.4 Å². The predicted molar refractivity (Wildman–Crippen MR) is 93.8 cm³/mol. The van der Waals surface area contributed by atoms with Crippen molar-refractivity contribution in [2.75, 3.05) is 11.9 Å². The van der Waals surface area contributed by atoms with Gasteiger partial charge in [0.2, 0.25) is 0 Å². The molecule has 0 aliphatic heterocycles. The minimum Gasteiger partial charge on any atom is -0.369 e. The second-order valence-electron chi connectivity index (χ2n) is 6.44. The van der Waals surface area contributed by atoms with Crippen LogP contribution in [0.2, 0.25) is 0 Å². The molecule has 2 aliphatic carbocycles. The molecule has 0 radical (unpaired) electrons. The van der Waals surface area contributed by atoms with Crippen LogP contribution >= 0.6 is 11.3 Å². The van der Waals surface area contributed by atoms with Gasteiger partial charge in [-0.25, -0.2) is 9.97 Å². The average molecular weight is 313 g/mol. The van der Waals surface area contributed by atoms with Crippen molar-refractivity contribution in [3.63, 3.8) is 0 Å². The quantitative estimate of drug-likeness (QED) is 0.825. The van der Waals surface area contributed by atoms with Gasteiger partial charge in [-0.05, 0) is 63.9 Å². The fourth-order valence-electron chi connectivity index (χ4n) is 3.70. The summed E-state index contributed by atoms with van der Waals surface area (Å²) in [4.78, 5) is 12.1. The zero-order valence-corrected chi connectivity index (χ0v) is 14.1. The van der Waals surface area contributed by atoms with E-state index in [1.54, 1.807) is 5.57 Å². The summed E-state index contributed by atoms with van der Waals surface area (Å²) in [5, 5.41) is 4.91. The summed E-state index contributed by atoms with van der Waals surface area (Å²) in [7, 11) is 0. The molecule has 2 aromatic heterocycles. The van der Waals surface area contributed by atoms with Crippen molar-refractivity contribution >= 4 is 27.4 Å². The number of hydrogen-bond acceptors (Lipinski definition) is 4. The van der Waals surface area contributed by atoms with Gasteiger partial charge in [-0.15, -0.1) is 11.3 Å². The van der Waals surface area contributed by atoms with Gasteiger partial charge in [-0.1, -0.05) is 11.6 Å². The maximum atomic E-state index is 4.70. The van der Waals surface area contributed by atoms with E-state index in [1.165, 1.54) is 65.6 Å². The smallest absolute Gasteiger partial charge is 0.138 e. The highest BCUT2D eigenvalue weighted by Crippen LogP contribution is 2.39. The van der Waals surface area contributed by atoms with Gasteiger partial charge in [-0.3, -0.25) is 0 Å². The fourth-order valence-corrected chi connectivity index (χ4v) is 5.01. The molecule has 0 saturated heterocycles. The van der Waals surface area contributed by atoms with Crippen LogP contribution in [0.4, 0.5) is 5.82 Å². The predicted octanol–water partition coefficient (Wildman–Crippen LogP) is 4.79. The molecule has 22 heavy (non-hydrogen) atoms. The van der Waals surface area contributed by atoms with Crippen molar-refractivity contribution in [3.8, 4) is 0 Å². The van der Waals surface area contributed by atoms with E-state index in [9.17, 15) is 0 Å². The van der Waals surface area contributed by atoms with Crippen LogP contribution < -0.4 is 5.32 Å². The Hall–Kier alpha value is -1.42. The fraction of sp³-hybridized carbons (Fsp3) is 0.556. The summed E-state index contributed by atoms with van der Waals surface area (Å²) in [5.74, 6) is 1.95. The molecule has 2 heterocycles. The third kappa shape index (κ3) is 2.65. The number of aromatic nitrogens is 2. The minimum atomic E-state index is 0.881. The molecule has 0 saturated carbocycles. The Labute approximate surface area is 135 Å². The van der Waals surface area contributed by atoms with Gasteiger partial charge in [0, 0.05) is 11.4 Å². The van der Waals surface area contributed by atoms with Gasteiger partial charge >= 0.3 is 0 Å². The van der Waals surface area contributed by atoms with E-state index in [1.807, 2.05) is 18.3 Å². The van der Waals surface area contributed by atoms with E-state index in [0.29, 0.717) is 0 Å². The second kappa shape index (κ2) is 5.99. The first-order valence-electron chi connectivity index (χ1n) is 8.52. The van der Waals surface area contributed by atoms with E-state index in [0.717, 1.165) is 24.6 Å². The molecule has 0 aromatic carbocycles. The first kappa shape index (κ1) is 14.2. The zero-order chi connectivity index (χ0) is 14.9. The van der Waals surface area contributed by atoms with Crippen LogP contribution in [0, 0.1) is 6.92 Å². The number of aryl methyl sites for hydroxylation is 3. The Balaban J connectivity index is 1.56. The molecule has 2 aromatic rings.